The number of aromatic nitrogens is 2. The molecule has 0 bridgehead atoms. The molecule has 1 aliphatic heterocycles. The third-order valence-corrected chi connectivity index (χ3v) is 2.36. The number of hydrogen-bond donors (Lipinski definition) is 1. The summed E-state index contributed by atoms with van der Waals surface area (Å²) >= 11 is 0. The van der Waals surface area contributed by atoms with E-state index in [9.17, 15) is 0 Å². The van der Waals surface area contributed by atoms with Crippen molar-refractivity contribution in [1.82, 2.24) is 15.5 Å². The normalized spacial score (nSPS) is 16.9. The summed E-state index contributed by atoms with van der Waals surface area (Å²) in [5, 5.41) is 7.09. The van der Waals surface area contributed by atoms with E-state index in [1.54, 1.807) is 7.11 Å². The lowest BCUT2D eigenvalue weighted by molar-refractivity contribution is 0.194. The van der Waals surface area contributed by atoms with Gasteiger partial charge in [-0.1, -0.05) is 5.16 Å². The lowest BCUT2D eigenvalue weighted by Crippen LogP contribution is -2.40. The van der Waals surface area contributed by atoms with Crippen LogP contribution < -0.4 is 5.32 Å². The third kappa shape index (κ3) is 2.10. The van der Waals surface area contributed by atoms with E-state index >= 15 is 0 Å². The molecule has 1 saturated heterocycles. The van der Waals surface area contributed by atoms with Crippen LogP contribution in [0.25, 0.3) is 0 Å². The van der Waals surface area contributed by atoms with Crippen LogP contribution in [0.3, 0.4) is 0 Å². The summed E-state index contributed by atoms with van der Waals surface area (Å²) in [5.41, 5.74) is 0. The van der Waals surface area contributed by atoms with Gasteiger partial charge in [-0.2, -0.15) is 4.98 Å². The van der Waals surface area contributed by atoms with Crippen molar-refractivity contribution in [1.29, 1.82) is 0 Å². The monoisotopic (exact) mass is 197 g/mol. The zero-order valence-electron chi connectivity index (χ0n) is 8.32. The van der Waals surface area contributed by atoms with Crippen LogP contribution in [0.5, 0.6) is 0 Å². The predicted molar refractivity (Wildman–Crippen MR) is 50.1 cm³/mol. The Bertz CT molecular complexity index is 283. The van der Waals surface area contributed by atoms with E-state index in [0.717, 1.165) is 44.3 Å². The lowest BCUT2D eigenvalue weighted by Gasteiger charge is -2.22. The molecular formula is C9H15N3O2. The highest BCUT2D eigenvalue weighted by atomic mass is 16.5. The molecule has 1 aliphatic rings. The van der Waals surface area contributed by atoms with E-state index in [4.69, 9.17) is 9.26 Å². The molecule has 5 nitrogen and oxygen atoms in total. The van der Waals surface area contributed by atoms with Crippen LogP contribution in [0.1, 0.15) is 24.1 Å². The average Bonchev–Trinajstić information content (AvgIpc) is 2.51. The fraction of sp³-hybridized carbons (Fsp3) is 0.778. The molecule has 0 aliphatic carbocycles. The Morgan fingerprint density at radius 3 is 3.07 bits per heavy atom. The Morgan fingerprint density at radius 1 is 1.57 bits per heavy atom. The highest BCUT2D eigenvalue weighted by Crippen LogP contribution is 2.17. The molecule has 1 N–H and O–H groups in total. The van der Waals surface area contributed by atoms with Gasteiger partial charge in [-0.15, -0.1) is 0 Å². The van der Waals surface area contributed by atoms with Gasteiger partial charge in [0.1, 0.15) is 0 Å². The molecule has 78 valence electrons. The van der Waals surface area contributed by atoms with Gasteiger partial charge in [0.2, 0.25) is 5.89 Å². The molecule has 2 rings (SSSR count). The first-order chi connectivity index (χ1) is 6.90. The van der Waals surface area contributed by atoms with Crippen LogP contribution in [-0.4, -0.2) is 36.9 Å². The fourth-order valence-electron chi connectivity index (χ4n) is 1.37. The van der Waals surface area contributed by atoms with Gasteiger partial charge in [0, 0.05) is 33.2 Å². The topological polar surface area (TPSA) is 60.2 Å². The molecule has 1 aromatic heterocycles. The van der Waals surface area contributed by atoms with Gasteiger partial charge in [0.05, 0.1) is 5.92 Å². The molecule has 1 fully saturated rings. The second-order valence-electron chi connectivity index (χ2n) is 3.50. The van der Waals surface area contributed by atoms with E-state index in [1.807, 2.05) is 0 Å². The predicted octanol–water partition coefficient (Wildman–Crippen LogP) is 0.335. The molecule has 5 heteroatoms. The Morgan fingerprint density at radius 2 is 2.43 bits per heavy atom. The Hall–Kier alpha value is -0.940. The van der Waals surface area contributed by atoms with Crippen molar-refractivity contribution in [3.05, 3.63) is 11.7 Å². The molecule has 0 amide bonds. The summed E-state index contributed by atoms with van der Waals surface area (Å²) < 4.78 is 10.1. The van der Waals surface area contributed by atoms with E-state index < -0.39 is 0 Å². The summed E-state index contributed by atoms with van der Waals surface area (Å²) in [6.07, 6.45) is 1.77. The van der Waals surface area contributed by atoms with Gasteiger partial charge in [-0.3, -0.25) is 0 Å². The second-order valence-corrected chi connectivity index (χ2v) is 3.50. The maximum absolute atomic E-state index is 5.16. The van der Waals surface area contributed by atoms with Crippen molar-refractivity contribution in [3.8, 4) is 0 Å². The standard InChI is InChI=1S/C9H15N3O2/c1-13-4-2-3-8-11-9(14-12-8)7-5-10-6-7/h7,10H,2-6H2,1H3. The van der Waals surface area contributed by atoms with Crippen LogP contribution in [0.2, 0.25) is 0 Å². The number of aryl methyl sites for hydroxylation is 1. The largest absolute Gasteiger partial charge is 0.385 e. The van der Waals surface area contributed by atoms with Gasteiger partial charge in [0.25, 0.3) is 0 Å². The van der Waals surface area contributed by atoms with Gasteiger partial charge in [0.15, 0.2) is 5.82 Å². The van der Waals surface area contributed by atoms with E-state index in [-0.39, 0.29) is 0 Å². The van der Waals surface area contributed by atoms with Crippen molar-refractivity contribution in [3.63, 3.8) is 0 Å². The highest BCUT2D eigenvalue weighted by molar-refractivity contribution is 5.00. The molecule has 14 heavy (non-hydrogen) atoms. The molecule has 0 saturated carbocycles. The summed E-state index contributed by atoms with van der Waals surface area (Å²) in [6.45, 7) is 2.66. The lowest BCUT2D eigenvalue weighted by atomic mass is 10.0. The van der Waals surface area contributed by atoms with Crippen LogP contribution in [-0.2, 0) is 11.2 Å². The smallest absolute Gasteiger partial charge is 0.232 e. The van der Waals surface area contributed by atoms with Crippen molar-refractivity contribution in [2.75, 3.05) is 26.8 Å². The van der Waals surface area contributed by atoms with Crippen LogP contribution in [0, 0.1) is 0 Å². The number of nitrogens with one attached hydrogen (secondary N) is 1. The van der Waals surface area contributed by atoms with Crippen molar-refractivity contribution in [2.45, 2.75) is 18.8 Å². The molecule has 1 aromatic rings. The molecular weight excluding hydrogens is 182 g/mol. The fourth-order valence-corrected chi connectivity index (χ4v) is 1.37. The van der Waals surface area contributed by atoms with Crippen LogP contribution in [0.4, 0.5) is 0 Å². The maximum Gasteiger partial charge on any atom is 0.232 e. The Labute approximate surface area is 82.8 Å². The van der Waals surface area contributed by atoms with Gasteiger partial charge in [-0.25, -0.2) is 0 Å². The van der Waals surface area contributed by atoms with E-state index in [1.165, 1.54) is 0 Å². The zero-order valence-corrected chi connectivity index (χ0v) is 8.32. The first-order valence-electron chi connectivity index (χ1n) is 4.92. The SMILES string of the molecule is COCCCc1noc(C2CNC2)n1. The van der Waals surface area contributed by atoms with E-state index in [2.05, 4.69) is 15.5 Å². The van der Waals surface area contributed by atoms with Crippen LogP contribution >= 0.6 is 0 Å². The van der Waals surface area contributed by atoms with Gasteiger partial charge < -0.3 is 14.6 Å². The summed E-state index contributed by atoms with van der Waals surface area (Å²) in [6, 6.07) is 0. The number of methoxy groups -OCH3 is 1. The van der Waals surface area contributed by atoms with Crippen molar-refractivity contribution in [2.24, 2.45) is 0 Å². The quantitative estimate of drug-likeness (QED) is 0.689. The first-order valence-corrected chi connectivity index (χ1v) is 4.92. The molecule has 0 radical (unpaired) electrons. The minimum Gasteiger partial charge on any atom is -0.385 e. The molecule has 0 spiro atoms. The first kappa shape index (κ1) is 9.61. The van der Waals surface area contributed by atoms with Crippen molar-refractivity contribution >= 4 is 0 Å². The minimum absolute atomic E-state index is 0.429. The minimum atomic E-state index is 0.429. The van der Waals surface area contributed by atoms with Crippen LogP contribution in [0.15, 0.2) is 4.52 Å². The summed E-state index contributed by atoms with van der Waals surface area (Å²) in [4.78, 5) is 4.33. The van der Waals surface area contributed by atoms with Crippen molar-refractivity contribution < 1.29 is 9.26 Å². The molecule has 0 aromatic carbocycles. The summed E-state index contributed by atoms with van der Waals surface area (Å²) in [5.74, 6) is 2.00. The number of hydrogen-bond acceptors (Lipinski definition) is 5. The summed E-state index contributed by atoms with van der Waals surface area (Å²) in [7, 11) is 1.70. The van der Waals surface area contributed by atoms with Gasteiger partial charge >= 0.3 is 0 Å². The highest BCUT2D eigenvalue weighted by Gasteiger charge is 2.24. The number of ether oxygens (including phenoxy) is 1. The number of nitrogens with zero attached hydrogens (tertiary/aromatic N) is 2. The number of rotatable bonds is 5. The van der Waals surface area contributed by atoms with E-state index in [0.29, 0.717) is 5.92 Å². The molecule has 0 atom stereocenters. The molecule has 0 unspecified atom stereocenters. The Kier molecular flexibility index (Phi) is 3.10. The maximum atomic E-state index is 5.16. The second kappa shape index (κ2) is 4.52. The van der Waals surface area contributed by atoms with Gasteiger partial charge in [-0.05, 0) is 6.42 Å². The average molecular weight is 197 g/mol. The zero-order chi connectivity index (χ0) is 9.80. The third-order valence-electron chi connectivity index (χ3n) is 2.36. The Balaban J connectivity index is 1.83. The molecule has 2 heterocycles.